The van der Waals surface area contributed by atoms with E-state index in [1.165, 1.54) is 44.0 Å². The van der Waals surface area contributed by atoms with Gasteiger partial charge >= 0.3 is 0 Å². The summed E-state index contributed by atoms with van der Waals surface area (Å²) >= 11 is 0. The van der Waals surface area contributed by atoms with Gasteiger partial charge in [-0.05, 0) is 166 Å². The van der Waals surface area contributed by atoms with Crippen LogP contribution in [0, 0.1) is 0 Å². The second kappa shape index (κ2) is 28.9. The molecule has 0 radical (unpaired) electrons. The van der Waals surface area contributed by atoms with E-state index in [0.717, 1.165) is 132 Å². The minimum atomic E-state index is -0.567. The highest BCUT2D eigenvalue weighted by molar-refractivity contribution is 6.14. The third-order valence-electron chi connectivity index (χ3n) is 20.7. The largest absolute Gasteiger partial charge is 0.355 e. The first-order valence-corrected chi connectivity index (χ1v) is 36.9. The first-order valence-electron chi connectivity index (χ1n) is 36.9. The molecule has 2 aliphatic rings. The summed E-state index contributed by atoms with van der Waals surface area (Å²) in [6, 6.07) is 100. The Morgan fingerprint density at radius 3 is 1.92 bits per heavy atom. The summed E-state index contributed by atoms with van der Waals surface area (Å²) in [5.41, 5.74) is 26.2. The third kappa shape index (κ3) is 12.1. The molecule has 15 aromatic rings. The van der Waals surface area contributed by atoms with Crippen LogP contribution in [0.4, 0.5) is 22.7 Å². The predicted octanol–water partition coefficient (Wildman–Crippen LogP) is 24.1. The van der Waals surface area contributed by atoms with Crippen LogP contribution in [0.15, 0.2) is 338 Å². The van der Waals surface area contributed by atoms with Crippen LogP contribution >= 0.6 is 0 Å². The van der Waals surface area contributed by atoms with Gasteiger partial charge in [-0.1, -0.05) is 244 Å². The molecular formula is C97H81N9. The van der Waals surface area contributed by atoms with Gasteiger partial charge in [-0.15, -0.1) is 0 Å². The van der Waals surface area contributed by atoms with Gasteiger partial charge in [0.2, 0.25) is 0 Å². The molecule has 2 aliphatic heterocycles. The molecule has 0 bridgehead atoms. The maximum Gasteiger partial charge on any atom is 0.159 e. The molecular weight excluding hydrogens is 1290 g/mol. The maximum atomic E-state index is 5.75. The lowest BCUT2D eigenvalue weighted by molar-refractivity contribution is 0.673. The van der Waals surface area contributed by atoms with Crippen molar-refractivity contribution in [3.05, 3.63) is 384 Å². The summed E-state index contributed by atoms with van der Waals surface area (Å²) in [4.78, 5) is 13.9. The molecule has 0 amide bonds. The van der Waals surface area contributed by atoms with Crippen LogP contribution in [0.3, 0.4) is 0 Å². The van der Waals surface area contributed by atoms with Crippen LogP contribution in [0.25, 0.3) is 102 Å². The van der Waals surface area contributed by atoms with Gasteiger partial charge in [-0.3, -0.25) is 0 Å². The first kappa shape index (κ1) is 66.0. The second-order valence-electron chi connectivity index (χ2n) is 27.1. The van der Waals surface area contributed by atoms with Gasteiger partial charge in [0, 0.05) is 112 Å². The monoisotopic (exact) mass is 1370 g/mol. The Balaban J connectivity index is 0.816. The zero-order valence-electron chi connectivity index (χ0n) is 60.0. The lowest BCUT2D eigenvalue weighted by Crippen LogP contribution is -2.34. The van der Waals surface area contributed by atoms with Crippen molar-refractivity contribution >= 4 is 102 Å². The summed E-state index contributed by atoms with van der Waals surface area (Å²) < 4.78 is 9.69. The fraction of sp³-hybridized carbons (Fsp3) is 0.0928. The molecule has 17 rings (SSSR count). The van der Waals surface area contributed by atoms with Crippen LogP contribution in [0.5, 0.6) is 0 Å². The molecule has 2 N–H and O–H groups in total. The number of nitrogens with zero attached hydrogens (tertiary/aromatic N) is 7. The first-order chi connectivity index (χ1) is 52.4. The van der Waals surface area contributed by atoms with E-state index in [2.05, 4.69) is 402 Å². The SMILES string of the molecule is C=Cc1c(/C=C\C)c(/C=C\Cc2ccccc2Nc2ccccc2)c(CC)n1-c1cccc(C2=NC(c3cccc(-n4c(-c5c(/C=C\C)c6ccccc6n5-c5ccccc5)cc5ccccc54)c3)=NC(c3cccc(N4c5ccc6c7ccccc7n(-c7ccccc7)c6c5C/C=C\C=C/C4C)c3)N2)c1. The van der Waals surface area contributed by atoms with Crippen LogP contribution < -0.4 is 15.5 Å². The standard InChI is InChI=1S/C97H81N9/c1-6-34-78-79(55-33-39-67-37-22-26-56-85(67)98-72-43-15-11-16-44-72)87(9-4)103(86(78)8-3)76-50-31-41-70(63-76)96-99-95(69-40-30-49-75(62-69)102-66(5)36-14-10-21-54-84-91(102)61-60-83-81-53-25-28-58-89(81)105(93(83)84)73-45-17-12-18-46-73)100-97(101-96)71-42-32-51-77(64-71)104-88-57-27-23-38-68(88)65-92(104)94-82(35-7-2)80-52-24-29-59-90(80)106(94)74-47-19-13-20-48-74/h6-8,10-38,40-53,55-66,95,98H,3,9,39,54H2,1-2,4-5H3,(H,99,100,101)/b21-10-,34-6-,35-7-,36-14-,55-33-. The molecule has 0 saturated heterocycles. The number of benzene rings is 11. The number of hydrogen-bond donors (Lipinski definition) is 2. The fourth-order valence-corrected chi connectivity index (χ4v) is 16.0. The van der Waals surface area contributed by atoms with Gasteiger partial charge in [0.15, 0.2) is 5.84 Å². The van der Waals surface area contributed by atoms with Gasteiger partial charge in [0.25, 0.3) is 0 Å². The fourth-order valence-electron chi connectivity index (χ4n) is 16.0. The highest BCUT2D eigenvalue weighted by Gasteiger charge is 2.30. The highest BCUT2D eigenvalue weighted by atomic mass is 15.2. The van der Waals surface area contributed by atoms with E-state index in [1.54, 1.807) is 0 Å². The van der Waals surface area contributed by atoms with Crippen molar-refractivity contribution in [1.82, 2.24) is 23.6 Å². The van der Waals surface area contributed by atoms with E-state index in [4.69, 9.17) is 9.98 Å². The Hall–Kier alpha value is -13.2. The maximum absolute atomic E-state index is 5.75. The zero-order valence-corrected chi connectivity index (χ0v) is 60.0. The van der Waals surface area contributed by atoms with Gasteiger partial charge < -0.3 is 33.8 Å². The van der Waals surface area contributed by atoms with E-state index in [-0.39, 0.29) is 6.04 Å². The van der Waals surface area contributed by atoms with Crippen LogP contribution in [-0.2, 0) is 19.3 Å². The van der Waals surface area contributed by atoms with Crippen molar-refractivity contribution in [2.45, 2.75) is 59.2 Å². The molecule has 106 heavy (non-hydrogen) atoms. The van der Waals surface area contributed by atoms with Gasteiger partial charge in [-0.25, -0.2) is 9.98 Å². The molecule has 11 aromatic carbocycles. The number of anilines is 4. The molecule has 2 atom stereocenters. The molecule has 6 heterocycles. The number of allylic oxidation sites excluding steroid dienone is 6. The molecule has 2 unspecified atom stereocenters. The Kier molecular flexibility index (Phi) is 18.0. The molecule has 0 spiro atoms. The van der Waals surface area contributed by atoms with Gasteiger partial charge in [0.1, 0.15) is 12.0 Å². The van der Waals surface area contributed by atoms with E-state index in [1.807, 2.05) is 12.1 Å². The number of aliphatic imine (C=N–C) groups is 2. The summed E-state index contributed by atoms with van der Waals surface area (Å²) in [7, 11) is 0. The van der Waals surface area contributed by atoms with Crippen molar-refractivity contribution in [1.29, 1.82) is 0 Å². The van der Waals surface area contributed by atoms with E-state index in [9.17, 15) is 0 Å². The number of para-hydroxylation sites is 7. The minimum Gasteiger partial charge on any atom is -0.355 e. The van der Waals surface area contributed by atoms with Gasteiger partial charge in [-0.2, -0.15) is 0 Å². The molecule has 4 aromatic heterocycles. The topological polar surface area (TPSA) is 71.7 Å². The lowest BCUT2D eigenvalue weighted by Gasteiger charge is -2.33. The minimum absolute atomic E-state index is 0.0344. The molecule has 0 saturated carbocycles. The average Bonchev–Trinajstić information content (AvgIpc) is 1.57. The summed E-state index contributed by atoms with van der Waals surface area (Å²) in [6.45, 7) is 13.2. The zero-order chi connectivity index (χ0) is 71.6. The van der Waals surface area contributed by atoms with E-state index < -0.39 is 6.17 Å². The number of rotatable bonds is 18. The molecule has 0 fully saturated rings. The molecule has 9 heteroatoms. The average molecular weight is 1370 g/mol. The molecule has 0 aliphatic carbocycles. The smallest absolute Gasteiger partial charge is 0.159 e. The number of aromatic nitrogens is 4. The Bertz CT molecular complexity index is 6080. The van der Waals surface area contributed by atoms with Crippen molar-refractivity contribution in [3.8, 4) is 34.1 Å². The lowest BCUT2D eigenvalue weighted by atomic mass is 10.0. The summed E-state index contributed by atoms with van der Waals surface area (Å²) in [5.74, 6) is 1.32. The number of hydrogen-bond acceptors (Lipinski definition) is 5. The third-order valence-corrected chi connectivity index (χ3v) is 20.7. The number of fused-ring (bicyclic) bond motifs is 7. The molecule has 514 valence electrons. The van der Waals surface area contributed by atoms with Crippen molar-refractivity contribution in [2.24, 2.45) is 9.98 Å². The van der Waals surface area contributed by atoms with Crippen molar-refractivity contribution in [2.75, 3.05) is 10.2 Å². The highest BCUT2D eigenvalue weighted by Crippen LogP contribution is 2.45. The summed E-state index contributed by atoms with van der Waals surface area (Å²) in [6.07, 6.45) is 26.1. The molecule has 9 nitrogen and oxygen atoms in total. The van der Waals surface area contributed by atoms with Crippen molar-refractivity contribution < 1.29 is 0 Å². The van der Waals surface area contributed by atoms with Crippen molar-refractivity contribution in [3.63, 3.8) is 0 Å². The normalized spacial score (nSPS) is 15.3. The Labute approximate surface area is 619 Å². The Morgan fingerprint density at radius 2 is 1.16 bits per heavy atom. The van der Waals surface area contributed by atoms with E-state index >= 15 is 0 Å². The second-order valence-corrected chi connectivity index (χ2v) is 27.1. The van der Waals surface area contributed by atoms with Crippen LogP contribution in [-0.4, -0.2) is 36.0 Å². The van der Waals surface area contributed by atoms with Crippen LogP contribution in [0.1, 0.15) is 89.8 Å². The van der Waals surface area contributed by atoms with Gasteiger partial charge in [0.05, 0.1) is 39.1 Å². The quantitative estimate of drug-likeness (QED) is 0.0899. The van der Waals surface area contributed by atoms with E-state index in [0.29, 0.717) is 11.7 Å². The predicted molar refractivity (Wildman–Crippen MR) is 449 cm³/mol. The summed E-state index contributed by atoms with van der Waals surface area (Å²) in [5, 5.41) is 12.4. The van der Waals surface area contributed by atoms with Crippen LogP contribution in [0.2, 0.25) is 0 Å². The number of amidine groups is 2. The Morgan fingerprint density at radius 1 is 0.528 bits per heavy atom. The number of nitrogens with one attached hydrogen (secondary N) is 2.